The van der Waals surface area contributed by atoms with Gasteiger partial charge in [0.25, 0.3) is 5.91 Å². The molecule has 0 saturated carbocycles. The van der Waals surface area contributed by atoms with Crippen LogP contribution < -0.4 is 4.74 Å². The minimum Gasteiger partial charge on any atom is -0.494 e. The Morgan fingerprint density at radius 1 is 1.10 bits per heavy atom. The van der Waals surface area contributed by atoms with Gasteiger partial charge >= 0.3 is 0 Å². The second-order valence-corrected chi connectivity index (χ2v) is 7.85. The maximum Gasteiger partial charge on any atom is 0.273 e. The number of rotatable bonds is 4. The average Bonchev–Trinajstić information content (AvgIpc) is 3.17. The lowest BCUT2D eigenvalue weighted by molar-refractivity contribution is 0.0683. The molecule has 5 heteroatoms. The number of benzene rings is 2. The Balaban J connectivity index is 1.69. The van der Waals surface area contributed by atoms with E-state index in [2.05, 4.69) is 34.2 Å². The highest BCUT2D eigenvalue weighted by molar-refractivity contribution is 5.94. The van der Waals surface area contributed by atoms with Gasteiger partial charge in [0, 0.05) is 34.4 Å². The molecular formula is C26H25N3O2. The molecule has 2 aromatic carbocycles. The third-order valence-corrected chi connectivity index (χ3v) is 5.92. The topological polar surface area (TPSA) is 58.2 Å². The summed E-state index contributed by atoms with van der Waals surface area (Å²) < 4.78 is 5.96. The molecule has 0 saturated heterocycles. The molecule has 0 aliphatic carbocycles. The average molecular weight is 412 g/mol. The molecule has 0 radical (unpaired) electrons. The van der Waals surface area contributed by atoms with Crippen LogP contribution in [0.5, 0.6) is 5.75 Å². The number of amides is 1. The first-order valence-corrected chi connectivity index (χ1v) is 10.7. The van der Waals surface area contributed by atoms with Crippen molar-refractivity contribution in [1.29, 1.82) is 0 Å². The van der Waals surface area contributed by atoms with E-state index < -0.39 is 0 Å². The molecule has 2 aromatic heterocycles. The van der Waals surface area contributed by atoms with Crippen molar-refractivity contribution in [2.24, 2.45) is 0 Å². The number of aromatic nitrogens is 2. The summed E-state index contributed by atoms with van der Waals surface area (Å²) in [4.78, 5) is 23.7. The van der Waals surface area contributed by atoms with Crippen LogP contribution in [0.25, 0.3) is 10.9 Å². The molecule has 4 aromatic rings. The van der Waals surface area contributed by atoms with Gasteiger partial charge in [-0.2, -0.15) is 0 Å². The van der Waals surface area contributed by atoms with E-state index in [0.717, 1.165) is 34.6 Å². The monoisotopic (exact) mass is 411 g/mol. The number of hydrogen-bond donors (Lipinski definition) is 1. The SMILES string of the molecule is CCOc1ccccc1[C@H]1c2[nH]c3ccccc3c2CCN1C(=O)c1cccc(C)n1. The molecule has 31 heavy (non-hydrogen) atoms. The zero-order valence-corrected chi connectivity index (χ0v) is 17.8. The maximum atomic E-state index is 13.6. The first kappa shape index (κ1) is 19.4. The van der Waals surface area contributed by atoms with Crippen molar-refractivity contribution < 1.29 is 9.53 Å². The molecule has 156 valence electrons. The van der Waals surface area contributed by atoms with E-state index >= 15 is 0 Å². The van der Waals surface area contributed by atoms with E-state index in [1.54, 1.807) is 6.07 Å². The molecule has 1 atom stereocenters. The lowest BCUT2D eigenvalue weighted by Gasteiger charge is -2.36. The smallest absolute Gasteiger partial charge is 0.273 e. The summed E-state index contributed by atoms with van der Waals surface area (Å²) in [6.45, 7) is 5.07. The highest BCUT2D eigenvalue weighted by atomic mass is 16.5. The molecule has 0 fully saturated rings. The van der Waals surface area contributed by atoms with Crippen molar-refractivity contribution >= 4 is 16.8 Å². The number of H-pyrrole nitrogens is 1. The molecule has 0 unspecified atom stereocenters. The predicted molar refractivity (Wildman–Crippen MR) is 121 cm³/mol. The Morgan fingerprint density at radius 3 is 2.74 bits per heavy atom. The molecule has 1 N–H and O–H groups in total. The number of hydrogen-bond acceptors (Lipinski definition) is 3. The number of carbonyl (C=O) groups excluding carboxylic acids is 1. The highest BCUT2D eigenvalue weighted by Crippen LogP contribution is 2.41. The Hall–Kier alpha value is -3.60. The molecule has 5 rings (SSSR count). The van der Waals surface area contributed by atoms with E-state index in [4.69, 9.17) is 4.74 Å². The zero-order chi connectivity index (χ0) is 21.4. The van der Waals surface area contributed by atoms with Crippen LogP contribution in [-0.4, -0.2) is 33.9 Å². The molecule has 0 spiro atoms. The van der Waals surface area contributed by atoms with Crippen LogP contribution in [-0.2, 0) is 6.42 Å². The summed E-state index contributed by atoms with van der Waals surface area (Å²) in [5.41, 5.74) is 5.71. The first-order chi connectivity index (χ1) is 15.2. The van der Waals surface area contributed by atoms with Gasteiger partial charge in [-0.3, -0.25) is 4.79 Å². The third-order valence-electron chi connectivity index (χ3n) is 5.92. The number of aryl methyl sites for hydroxylation is 1. The third kappa shape index (κ3) is 3.36. The van der Waals surface area contributed by atoms with E-state index in [0.29, 0.717) is 18.8 Å². The van der Waals surface area contributed by atoms with Gasteiger partial charge in [-0.05, 0) is 50.1 Å². The number of carbonyl (C=O) groups is 1. The molecule has 1 aliphatic heterocycles. The van der Waals surface area contributed by atoms with Crippen molar-refractivity contribution in [2.45, 2.75) is 26.3 Å². The van der Waals surface area contributed by atoms with E-state index in [1.807, 2.05) is 55.1 Å². The molecule has 5 nitrogen and oxygen atoms in total. The molecule has 0 bridgehead atoms. The van der Waals surface area contributed by atoms with Gasteiger partial charge in [-0.15, -0.1) is 0 Å². The van der Waals surface area contributed by atoms with Crippen molar-refractivity contribution in [3.63, 3.8) is 0 Å². The minimum absolute atomic E-state index is 0.0655. The van der Waals surface area contributed by atoms with E-state index in [1.165, 1.54) is 10.9 Å². The van der Waals surface area contributed by atoms with Crippen LogP contribution in [0.15, 0.2) is 66.7 Å². The van der Waals surface area contributed by atoms with Crippen LogP contribution in [0.3, 0.4) is 0 Å². The van der Waals surface area contributed by atoms with E-state index in [-0.39, 0.29) is 11.9 Å². The number of para-hydroxylation sites is 2. The number of nitrogens with one attached hydrogen (secondary N) is 1. The van der Waals surface area contributed by atoms with Crippen LogP contribution in [0.4, 0.5) is 0 Å². The number of aromatic amines is 1. The Bertz CT molecular complexity index is 1260. The van der Waals surface area contributed by atoms with Crippen LogP contribution >= 0.6 is 0 Å². The van der Waals surface area contributed by atoms with Crippen LogP contribution in [0.1, 0.15) is 46.0 Å². The van der Waals surface area contributed by atoms with Crippen LogP contribution in [0, 0.1) is 6.92 Å². The lowest BCUT2D eigenvalue weighted by atomic mass is 9.91. The Labute approximate surface area is 181 Å². The van der Waals surface area contributed by atoms with Crippen molar-refractivity contribution in [3.05, 3.63) is 94.9 Å². The predicted octanol–water partition coefficient (Wildman–Crippen LogP) is 5.06. The Kier molecular flexibility index (Phi) is 4.94. The van der Waals surface area contributed by atoms with E-state index in [9.17, 15) is 4.79 Å². The lowest BCUT2D eigenvalue weighted by Crippen LogP contribution is -2.41. The van der Waals surface area contributed by atoms with Gasteiger partial charge < -0.3 is 14.6 Å². The fourth-order valence-electron chi connectivity index (χ4n) is 4.59. The summed E-state index contributed by atoms with van der Waals surface area (Å²) in [5.74, 6) is 0.737. The Morgan fingerprint density at radius 2 is 1.90 bits per heavy atom. The number of pyridine rings is 1. The van der Waals surface area contributed by atoms with Gasteiger partial charge in [0.2, 0.25) is 0 Å². The van der Waals surface area contributed by atoms with Crippen molar-refractivity contribution in [1.82, 2.24) is 14.9 Å². The van der Waals surface area contributed by atoms with Gasteiger partial charge in [-0.25, -0.2) is 4.98 Å². The number of fused-ring (bicyclic) bond motifs is 3. The summed E-state index contributed by atoms with van der Waals surface area (Å²) in [6.07, 6.45) is 0.796. The molecule has 1 amide bonds. The second-order valence-electron chi connectivity index (χ2n) is 7.85. The van der Waals surface area contributed by atoms with Gasteiger partial charge in [0.05, 0.1) is 6.61 Å². The minimum atomic E-state index is -0.270. The van der Waals surface area contributed by atoms with Gasteiger partial charge in [-0.1, -0.05) is 42.5 Å². The van der Waals surface area contributed by atoms with Gasteiger partial charge in [0.1, 0.15) is 17.5 Å². The van der Waals surface area contributed by atoms with Crippen molar-refractivity contribution in [2.75, 3.05) is 13.2 Å². The first-order valence-electron chi connectivity index (χ1n) is 10.7. The second kappa shape index (κ2) is 7.91. The van der Waals surface area contributed by atoms with Gasteiger partial charge in [0.15, 0.2) is 0 Å². The summed E-state index contributed by atoms with van der Waals surface area (Å²) in [5, 5.41) is 1.22. The fourth-order valence-corrected chi connectivity index (χ4v) is 4.59. The maximum absolute atomic E-state index is 13.6. The molecule has 1 aliphatic rings. The zero-order valence-electron chi connectivity index (χ0n) is 17.8. The highest BCUT2D eigenvalue weighted by Gasteiger charge is 2.36. The molecular weight excluding hydrogens is 386 g/mol. The quantitative estimate of drug-likeness (QED) is 0.511. The number of ether oxygens (including phenoxy) is 1. The summed E-state index contributed by atoms with van der Waals surface area (Å²) in [7, 11) is 0. The number of nitrogens with zero attached hydrogens (tertiary/aromatic N) is 2. The normalized spacial score (nSPS) is 15.7. The molecule has 3 heterocycles. The summed E-state index contributed by atoms with van der Waals surface area (Å²) in [6, 6.07) is 21.7. The fraction of sp³-hybridized carbons (Fsp3) is 0.231. The standard InChI is InChI=1S/C26H25N3O2/c1-3-31-23-14-7-5-11-20(23)25-24-19(18-10-4-6-12-21(18)28-24)15-16-29(25)26(30)22-13-8-9-17(2)27-22/h4-14,25,28H,3,15-16H2,1-2H3/t25-/m0/s1. The summed E-state index contributed by atoms with van der Waals surface area (Å²) >= 11 is 0. The van der Waals surface area contributed by atoms with Crippen molar-refractivity contribution in [3.8, 4) is 5.75 Å². The largest absolute Gasteiger partial charge is 0.494 e. The van der Waals surface area contributed by atoms with Crippen LogP contribution in [0.2, 0.25) is 0 Å².